The van der Waals surface area contributed by atoms with Crippen molar-refractivity contribution in [2.45, 2.75) is 37.1 Å². The molecular weight excluding hydrogens is 462 g/mol. The number of hydrogen-bond donors (Lipinski definition) is 4. The van der Waals surface area contributed by atoms with Gasteiger partial charge in [-0.2, -0.15) is 0 Å². The second-order valence-electron chi connectivity index (χ2n) is 8.22. The van der Waals surface area contributed by atoms with Crippen LogP contribution in [0.1, 0.15) is 16.7 Å². The number of aromatic nitrogens is 1. The van der Waals surface area contributed by atoms with Gasteiger partial charge in [0.25, 0.3) is 0 Å². The van der Waals surface area contributed by atoms with Gasteiger partial charge in [0, 0.05) is 27.8 Å². The number of rotatable bonds is 5. The lowest BCUT2D eigenvalue weighted by Crippen LogP contribution is -2.56. The van der Waals surface area contributed by atoms with Crippen LogP contribution in [0.25, 0.3) is 21.3 Å². The average Bonchev–Trinajstić information content (AvgIpc) is 3.44. The van der Waals surface area contributed by atoms with Gasteiger partial charge >= 0.3 is 0 Å². The molecule has 6 nitrogen and oxygen atoms in total. The fourth-order valence-electron chi connectivity index (χ4n) is 4.42. The Kier molecular flexibility index (Phi) is 6.28. The maximum atomic E-state index is 10.7. The Balaban J connectivity index is 1.53. The molecule has 1 aliphatic heterocycles. The Labute approximate surface area is 199 Å². The SMILES string of the molecule is OC[C@H]1O[C@@H](n2cc(Cc3ccc(-c4ccccc4)s3)c3c(Cl)cccc32)[C@H](O)[C@@H](O)[C@@H]1O. The summed E-state index contributed by atoms with van der Waals surface area (Å²) in [5.41, 5.74) is 2.85. The number of hydrogen-bond acceptors (Lipinski definition) is 6. The third-order valence-corrected chi connectivity index (χ3v) is 7.56. The molecule has 0 radical (unpaired) electrons. The Hall–Kier alpha value is -2.23. The molecule has 0 spiro atoms. The number of benzene rings is 2. The highest BCUT2D eigenvalue weighted by Crippen LogP contribution is 2.38. The minimum Gasteiger partial charge on any atom is -0.394 e. The van der Waals surface area contributed by atoms with E-state index >= 15 is 0 Å². The van der Waals surface area contributed by atoms with Gasteiger partial charge in [-0.15, -0.1) is 11.3 Å². The first-order valence-electron chi connectivity index (χ1n) is 10.7. The molecule has 33 heavy (non-hydrogen) atoms. The van der Waals surface area contributed by atoms with Gasteiger partial charge in [-0.05, 0) is 35.4 Å². The summed E-state index contributed by atoms with van der Waals surface area (Å²) in [5.74, 6) is 0. The molecule has 5 rings (SSSR count). The van der Waals surface area contributed by atoms with E-state index < -0.39 is 37.3 Å². The molecule has 3 heterocycles. The molecular formula is C25H24ClNO5S. The summed E-state index contributed by atoms with van der Waals surface area (Å²) in [6.45, 7) is -0.480. The van der Waals surface area contributed by atoms with Crippen LogP contribution in [-0.2, 0) is 11.2 Å². The van der Waals surface area contributed by atoms with Crippen LogP contribution in [0.3, 0.4) is 0 Å². The van der Waals surface area contributed by atoms with E-state index in [2.05, 4.69) is 24.3 Å². The van der Waals surface area contributed by atoms with Crippen molar-refractivity contribution in [2.24, 2.45) is 0 Å². The summed E-state index contributed by atoms with van der Waals surface area (Å²) in [6.07, 6.45) is -3.72. The van der Waals surface area contributed by atoms with Gasteiger partial charge in [-0.25, -0.2) is 0 Å². The van der Waals surface area contributed by atoms with Crippen LogP contribution in [0, 0.1) is 0 Å². The number of nitrogens with zero attached hydrogens (tertiary/aromatic N) is 1. The van der Waals surface area contributed by atoms with Gasteiger partial charge < -0.3 is 29.7 Å². The van der Waals surface area contributed by atoms with Crippen LogP contribution >= 0.6 is 22.9 Å². The molecule has 2 aromatic heterocycles. The van der Waals surface area contributed by atoms with E-state index in [0.29, 0.717) is 11.4 Å². The lowest BCUT2D eigenvalue weighted by atomic mass is 9.98. The Morgan fingerprint density at radius 1 is 0.909 bits per heavy atom. The van der Waals surface area contributed by atoms with Crippen molar-refractivity contribution in [2.75, 3.05) is 6.61 Å². The summed E-state index contributed by atoms with van der Waals surface area (Å²) in [5, 5.41) is 42.1. The van der Waals surface area contributed by atoms with Crippen molar-refractivity contribution in [1.29, 1.82) is 0 Å². The smallest absolute Gasteiger partial charge is 0.163 e. The highest BCUT2D eigenvalue weighted by molar-refractivity contribution is 7.15. The summed E-state index contributed by atoms with van der Waals surface area (Å²) in [6, 6.07) is 19.9. The molecule has 2 aromatic carbocycles. The predicted octanol–water partition coefficient (Wildman–Crippen LogP) is 3.59. The first-order chi connectivity index (χ1) is 16.0. The van der Waals surface area contributed by atoms with Crippen molar-refractivity contribution in [3.63, 3.8) is 0 Å². The Morgan fingerprint density at radius 3 is 2.45 bits per heavy atom. The molecule has 1 saturated heterocycles. The van der Waals surface area contributed by atoms with Crippen LogP contribution in [0.4, 0.5) is 0 Å². The summed E-state index contributed by atoms with van der Waals surface area (Å²) < 4.78 is 7.53. The van der Waals surface area contributed by atoms with Gasteiger partial charge in [0.1, 0.15) is 24.4 Å². The second-order valence-corrected chi connectivity index (χ2v) is 9.80. The summed E-state index contributed by atoms with van der Waals surface area (Å²) in [4.78, 5) is 2.33. The quantitative estimate of drug-likeness (QED) is 0.346. The van der Waals surface area contributed by atoms with E-state index in [-0.39, 0.29) is 0 Å². The van der Waals surface area contributed by atoms with E-state index in [4.69, 9.17) is 16.3 Å². The van der Waals surface area contributed by atoms with Gasteiger partial charge in [0.05, 0.1) is 17.1 Å². The number of aliphatic hydroxyl groups is 4. The van der Waals surface area contributed by atoms with Crippen LogP contribution in [-0.4, -0.2) is 56.0 Å². The van der Waals surface area contributed by atoms with Crippen molar-refractivity contribution < 1.29 is 25.2 Å². The van der Waals surface area contributed by atoms with Crippen LogP contribution in [0.2, 0.25) is 5.02 Å². The zero-order valence-corrected chi connectivity index (χ0v) is 19.2. The first-order valence-corrected chi connectivity index (χ1v) is 11.9. The topological polar surface area (TPSA) is 95.1 Å². The minimum atomic E-state index is -1.45. The number of thiophene rings is 1. The average molecular weight is 486 g/mol. The molecule has 0 aliphatic carbocycles. The monoisotopic (exact) mass is 485 g/mol. The maximum absolute atomic E-state index is 10.7. The fraction of sp³-hybridized carbons (Fsp3) is 0.280. The third kappa shape index (κ3) is 4.11. The van der Waals surface area contributed by atoms with Crippen LogP contribution in [0.15, 0.2) is 66.9 Å². The molecule has 4 aromatic rings. The molecule has 1 fully saturated rings. The standard InChI is InChI=1S/C25H24ClNO5S/c26-17-7-4-8-18-21(17)15(11-16-9-10-20(33-16)14-5-2-1-3-6-14)12-27(18)25-24(31)23(30)22(29)19(13-28)32-25/h1-10,12,19,22-25,28-31H,11,13H2/t19-,22-,23+,24-,25-/m1/s1. The Bertz CT molecular complexity index is 1250. The molecule has 0 unspecified atom stereocenters. The number of fused-ring (bicyclic) bond motifs is 1. The van der Waals surface area contributed by atoms with Gasteiger partial charge in [0.2, 0.25) is 0 Å². The van der Waals surface area contributed by atoms with Crippen LogP contribution in [0.5, 0.6) is 0 Å². The lowest BCUT2D eigenvalue weighted by Gasteiger charge is -2.40. The zero-order chi connectivity index (χ0) is 23.1. The van der Waals surface area contributed by atoms with Crippen LogP contribution < -0.4 is 0 Å². The second kappa shape index (κ2) is 9.19. The van der Waals surface area contributed by atoms with Gasteiger partial charge in [-0.3, -0.25) is 0 Å². The molecule has 5 atom stereocenters. The number of halogens is 1. The number of aliphatic hydroxyl groups excluding tert-OH is 4. The summed E-state index contributed by atoms with van der Waals surface area (Å²) in [7, 11) is 0. The molecule has 0 saturated carbocycles. The first kappa shape index (κ1) is 22.6. The van der Waals surface area contributed by atoms with Gasteiger partial charge in [-0.1, -0.05) is 48.0 Å². The fourth-order valence-corrected chi connectivity index (χ4v) is 5.75. The van der Waals surface area contributed by atoms with Crippen molar-refractivity contribution in [3.05, 3.63) is 82.3 Å². The van der Waals surface area contributed by atoms with E-state index in [1.165, 1.54) is 4.88 Å². The zero-order valence-electron chi connectivity index (χ0n) is 17.6. The summed E-state index contributed by atoms with van der Waals surface area (Å²) >= 11 is 8.29. The van der Waals surface area contributed by atoms with E-state index in [1.807, 2.05) is 42.6 Å². The van der Waals surface area contributed by atoms with E-state index in [0.717, 1.165) is 26.9 Å². The van der Waals surface area contributed by atoms with E-state index in [1.54, 1.807) is 15.9 Å². The maximum Gasteiger partial charge on any atom is 0.163 e. The minimum absolute atomic E-state index is 0.480. The number of ether oxygens (including phenoxy) is 1. The van der Waals surface area contributed by atoms with Crippen molar-refractivity contribution >= 4 is 33.8 Å². The molecule has 172 valence electrons. The molecule has 0 amide bonds. The Morgan fingerprint density at radius 2 is 1.70 bits per heavy atom. The normalized spacial score (nSPS) is 25.5. The largest absolute Gasteiger partial charge is 0.394 e. The lowest BCUT2D eigenvalue weighted by molar-refractivity contribution is -0.250. The van der Waals surface area contributed by atoms with Crippen molar-refractivity contribution in [1.82, 2.24) is 4.57 Å². The van der Waals surface area contributed by atoms with Gasteiger partial charge in [0.15, 0.2) is 6.23 Å². The molecule has 1 aliphatic rings. The highest BCUT2D eigenvalue weighted by atomic mass is 35.5. The third-order valence-electron chi connectivity index (χ3n) is 6.11. The predicted molar refractivity (Wildman–Crippen MR) is 129 cm³/mol. The molecule has 0 bridgehead atoms. The highest BCUT2D eigenvalue weighted by Gasteiger charge is 2.44. The van der Waals surface area contributed by atoms with Crippen molar-refractivity contribution in [3.8, 4) is 10.4 Å². The molecule has 4 N–H and O–H groups in total. The molecule has 8 heteroatoms. The van der Waals surface area contributed by atoms with E-state index in [9.17, 15) is 20.4 Å².